The molecule has 0 amide bonds. The van der Waals surface area contributed by atoms with Gasteiger partial charge in [0, 0.05) is 17.4 Å². The second kappa shape index (κ2) is 4.33. The van der Waals surface area contributed by atoms with Gasteiger partial charge in [0.05, 0.1) is 17.8 Å². The maximum atomic E-state index is 9.27. The average Bonchev–Trinajstić information content (AvgIpc) is 2.49. The van der Waals surface area contributed by atoms with Gasteiger partial charge in [-0.15, -0.1) is 0 Å². The normalized spacial score (nSPS) is 21.3. The first-order chi connectivity index (χ1) is 8.27. The van der Waals surface area contributed by atoms with Gasteiger partial charge in [0.1, 0.15) is 0 Å². The number of rotatable bonds is 2. The Morgan fingerprint density at radius 3 is 2.28 bits per heavy atom. The van der Waals surface area contributed by atoms with Gasteiger partial charge in [0.15, 0.2) is 0 Å². The zero-order chi connectivity index (χ0) is 13.6. The van der Waals surface area contributed by atoms with Gasteiger partial charge in [-0.2, -0.15) is 0 Å². The van der Waals surface area contributed by atoms with Crippen molar-refractivity contribution in [1.29, 1.82) is 0 Å². The van der Waals surface area contributed by atoms with E-state index in [0.717, 1.165) is 16.7 Å². The van der Waals surface area contributed by atoms with Crippen molar-refractivity contribution in [2.24, 2.45) is 0 Å². The molecule has 0 aliphatic carbocycles. The van der Waals surface area contributed by atoms with Crippen molar-refractivity contribution in [2.45, 2.75) is 52.4 Å². The molecule has 0 radical (unpaired) electrons. The van der Waals surface area contributed by atoms with E-state index in [4.69, 9.17) is 9.31 Å². The maximum Gasteiger partial charge on any atom is 0.496 e. The van der Waals surface area contributed by atoms with E-state index < -0.39 is 7.12 Å². The lowest BCUT2D eigenvalue weighted by molar-refractivity contribution is 0.00578. The van der Waals surface area contributed by atoms with Crippen molar-refractivity contribution >= 4 is 12.6 Å². The summed E-state index contributed by atoms with van der Waals surface area (Å²) < 4.78 is 11.9. The smallest absolute Gasteiger partial charge is 0.399 e. The van der Waals surface area contributed by atoms with Gasteiger partial charge in [0.25, 0.3) is 0 Å². The molecule has 2 heterocycles. The van der Waals surface area contributed by atoms with Crippen molar-refractivity contribution in [3.05, 3.63) is 23.5 Å². The van der Waals surface area contributed by atoms with Crippen LogP contribution in [0.5, 0.6) is 0 Å². The van der Waals surface area contributed by atoms with Crippen molar-refractivity contribution in [2.75, 3.05) is 0 Å². The third-order valence-electron chi connectivity index (χ3n) is 3.91. The Balaban J connectivity index is 2.30. The molecule has 1 saturated heterocycles. The van der Waals surface area contributed by atoms with Gasteiger partial charge in [0.2, 0.25) is 0 Å². The Hall–Kier alpha value is -0.905. The van der Waals surface area contributed by atoms with Crippen LogP contribution in [0.4, 0.5) is 0 Å². The summed E-state index contributed by atoms with van der Waals surface area (Å²) in [7, 11) is -0.423. The summed E-state index contributed by atoms with van der Waals surface area (Å²) in [6, 6.07) is 1.89. The second-order valence-corrected chi connectivity index (χ2v) is 5.76. The Bertz CT molecular complexity index is 444. The molecule has 1 aromatic rings. The van der Waals surface area contributed by atoms with Gasteiger partial charge in [-0.05, 0) is 40.2 Å². The number of hydrogen-bond donors (Lipinski definition) is 1. The predicted octanol–water partition coefficient (Wildman–Crippen LogP) is 1.18. The minimum absolute atomic E-state index is 0.0216. The van der Waals surface area contributed by atoms with E-state index in [2.05, 4.69) is 4.98 Å². The number of aliphatic hydroxyl groups is 1. The molecule has 98 valence electrons. The summed E-state index contributed by atoms with van der Waals surface area (Å²) in [6.45, 7) is 9.91. The van der Waals surface area contributed by atoms with Gasteiger partial charge >= 0.3 is 7.12 Å². The zero-order valence-corrected chi connectivity index (χ0v) is 11.7. The highest BCUT2D eigenvalue weighted by Crippen LogP contribution is 2.36. The monoisotopic (exact) mass is 249 g/mol. The predicted molar refractivity (Wildman–Crippen MR) is 70.6 cm³/mol. The standard InChI is InChI=1S/C13H20BNO3/c1-9-10(8-16)6-11(7-15-9)14-17-12(2,3)13(4,5)18-14/h6-7,16H,8H2,1-5H3. The molecular weight excluding hydrogens is 229 g/mol. The first kappa shape index (κ1) is 13.5. The van der Waals surface area contributed by atoms with Crippen molar-refractivity contribution in [3.63, 3.8) is 0 Å². The van der Waals surface area contributed by atoms with E-state index in [1.807, 2.05) is 40.7 Å². The van der Waals surface area contributed by atoms with Crippen LogP contribution >= 0.6 is 0 Å². The Labute approximate surface area is 108 Å². The summed E-state index contributed by atoms with van der Waals surface area (Å²) >= 11 is 0. The summed E-state index contributed by atoms with van der Waals surface area (Å²) in [5.74, 6) is 0. The molecule has 0 atom stereocenters. The van der Waals surface area contributed by atoms with Crippen molar-refractivity contribution in [3.8, 4) is 0 Å². The number of aromatic nitrogens is 1. The molecule has 5 heteroatoms. The summed E-state index contributed by atoms with van der Waals surface area (Å²) in [4.78, 5) is 4.27. The van der Waals surface area contributed by atoms with Crippen LogP contribution in [0.1, 0.15) is 39.0 Å². The van der Waals surface area contributed by atoms with E-state index in [9.17, 15) is 5.11 Å². The molecule has 1 fully saturated rings. The molecule has 18 heavy (non-hydrogen) atoms. The van der Waals surface area contributed by atoms with Crippen molar-refractivity contribution < 1.29 is 14.4 Å². The minimum atomic E-state index is -0.423. The Morgan fingerprint density at radius 2 is 1.78 bits per heavy atom. The lowest BCUT2D eigenvalue weighted by Crippen LogP contribution is -2.41. The van der Waals surface area contributed by atoms with Crippen LogP contribution in [0.15, 0.2) is 12.3 Å². The van der Waals surface area contributed by atoms with Crippen LogP contribution < -0.4 is 5.46 Å². The first-order valence-corrected chi connectivity index (χ1v) is 6.19. The van der Waals surface area contributed by atoms with Crippen LogP contribution in [0.3, 0.4) is 0 Å². The quantitative estimate of drug-likeness (QED) is 0.799. The third-order valence-corrected chi connectivity index (χ3v) is 3.91. The van der Waals surface area contributed by atoms with Crippen molar-refractivity contribution in [1.82, 2.24) is 4.98 Å². The molecular formula is C13H20BNO3. The highest BCUT2D eigenvalue weighted by Gasteiger charge is 2.51. The van der Waals surface area contributed by atoms with E-state index in [0.29, 0.717) is 0 Å². The van der Waals surface area contributed by atoms with Gasteiger partial charge < -0.3 is 14.4 Å². The molecule has 0 spiro atoms. The number of aryl methyl sites for hydroxylation is 1. The number of nitrogens with zero attached hydrogens (tertiary/aromatic N) is 1. The third kappa shape index (κ3) is 2.18. The highest BCUT2D eigenvalue weighted by molar-refractivity contribution is 6.62. The Morgan fingerprint density at radius 1 is 1.22 bits per heavy atom. The lowest BCUT2D eigenvalue weighted by Gasteiger charge is -2.32. The number of aliphatic hydroxyl groups excluding tert-OH is 1. The fourth-order valence-corrected chi connectivity index (χ4v) is 1.87. The van der Waals surface area contributed by atoms with Crippen LogP contribution in [-0.4, -0.2) is 28.4 Å². The molecule has 1 aliphatic rings. The topological polar surface area (TPSA) is 51.6 Å². The molecule has 0 unspecified atom stereocenters. The van der Waals surface area contributed by atoms with Crippen LogP contribution in [-0.2, 0) is 15.9 Å². The van der Waals surface area contributed by atoms with Crippen LogP contribution in [0.25, 0.3) is 0 Å². The molecule has 1 aromatic heterocycles. The van der Waals surface area contributed by atoms with Gasteiger partial charge in [-0.25, -0.2) is 0 Å². The van der Waals surface area contributed by atoms with Gasteiger partial charge in [-0.3, -0.25) is 4.98 Å². The highest BCUT2D eigenvalue weighted by atomic mass is 16.7. The van der Waals surface area contributed by atoms with Gasteiger partial charge in [-0.1, -0.05) is 6.07 Å². The van der Waals surface area contributed by atoms with Crippen LogP contribution in [0.2, 0.25) is 0 Å². The largest absolute Gasteiger partial charge is 0.496 e. The van der Waals surface area contributed by atoms with E-state index in [-0.39, 0.29) is 17.8 Å². The Kier molecular flexibility index (Phi) is 3.26. The molecule has 0 aromatic carbocycles. The minimum Gasteiger partial charge on any atom is -0.399 e. The summed E-state index contributed by atoms with van der Waals surface area (Å²) in [5, 5.41) is 9.27. The molecule has 4 nitrogen and oxygen atoms in total. The maximum absolute atomic E-state index is 9.27. The summed E-state index contributed by atoms with van der Waals surface area (Å²) in [6.07, 6.45) is 1.75. The fraction of sp³-hybridized carbons (Fsp3) is 0.615. The summed E-state index contributed by atoms with van der Waals surface area (Å²) in [5.41, 5.74) is 1.77. The SMILES string of the molecule is Cc1ncc(B2OC(C)(C)C(C)(C)O2)cc1CO. The second-order valence-electron chi connectivity index (χ2n) is 5.76. The zero-order valence-electron chi connectivity index (χ0n) is 11.7. The van der Waals surface area contributed by atoms with E-state index >= 15 is 0 Å². The molecule has 1 aliphatic heterocycles. The average molecular weight is 249 g/mol. The van der Waals surface area contributed by atoms with E-state index in [1.54, 1.807) is 6.20 Å². The number of pyridine rings is 1. The number of hydrogen-bond acceptors (Lipinski definition) is 4. The molecule has 2 rings (SSSR count). The van der Waals surface area contributed by atoms with E-state index in [1.165, 1.54) is 0 Å². The van der Waals surface area contributed by atoms with Crippen LogP contribution in [0, 0.1) is 6.92 Å². The molecule has 1 N–H and O–H groups in total. The fourth-order valence-electron chi connectivity index (χ4n) is 1.87. The molecule has 0 saturated carbocycles. The molecule has 0 bridgehead atoms. The lowest BCUT2D eigenvalue weighted by atomic mass is 9.79. The first-order valence-electron chi connectivity index (χ1n) is 6.19.